The van der Waals surface area contributed by atoms with E-state index in [0.717, 1.165) is 17.3 Å². The quantitative estimate of drug-likeness (QED) is 0.497. The van der Waals surface area contributed by atoms with Crippen LogP contribution in [0.15, 0.2) is 0 Å². The first-order chi connectivity index (χ1) is 5.27. The average molecular weight is 150 g/mol. The third-order valence-corrected chi connectivity index (χ3v) is 4.60. The van der Waals surface area contributed by atoms with Gasteiger partial charge in [0.15, 0.2) is 0 Å². The van der Waals surface area contributed by atoms with Crippen LogP contribution in [0.5, 0.6) is 0 Å². The summed E-state index contributed by atoms with van der Waals surface area (Å²) >= 11 is 0. The molecule has 2 atom stereocenters. The Morgan fingerprint density at radius 2 is 1.64 bits per heavy atom. The van der Waals surface area contributed by atoms with Crippen molar-refractivity contribution in [3.63, 3.8) is 0 Å². The molecule has 0 aliphatic heterocycles. The molecule has 0 aromatic carbocycles. The Morgan fingerprint density at radius 1 is 1.00 bits per heavy atom. The lowest BCUT2D eigenvalue weighted by Gasteiger charge is -2.37. The zero-order chi connectivity index (χ0) is 7.47. The Labute approximate surface area is 69.4 Å². The van der Waals surface area contributed by atoms with Crippen LogP contribution in [0.4, 0.5) is 0 Å². The van der Waals surface area contributed by atoms with Crippen LogP contribution in [0.1, 0.15) is 45.4 Å². The van der Waals surface area contributed by atoms with Crippen molar-refractivity contribution in [3.8, 4) is 0 Å². The Balaban J connectivity index is 1.94. The molecule has 0 heteroatoms. The first-order valence-corrected chi connectivity index (χ1v) is 5.27. The highest BCUT2D eigenvalue weighted by Gasteiger charge is 2.53. The van der Waals surface area contributed by atoms with Crippen molar-refractivity contribution in [3.05, 3.63) is 0 Å². The van der Waals surface area contributed by atoms with Crippen molar-refractivity contribution in [1.82, 2.24) is 0 Å². The van der Waals surface area contributed by atoms with Crippen LogP contribution >= 0.6 is 0 Å². The van der Waals surface area contributed by atoms with Gasteiger partial charge in [-0.05, 0) is 42.4 Å². The molecule has 3 aliphatic carbocycles. The zero-order valence-corrected chi connectivity index (χ0v) is 7.47. The molecule has 3 fully saturated rings. The highest BCUT2D eigenvalue weighted by Crippen LogP contribution is 2.63. The number of hydrogen-bond acceptors (Lipinski definition) is 0. The van der Waals surface area contributed by atoms with Crippen molar-refractivity contribution in [2.24, 2.45) is 23.2 Å². The van der Waals surface area contributed by atoms with Crippen LogP contribution < -0.4 is 0 Å². The lowest BCUT2D eigenvalue weighted by atomic mass is 9.69. The Hall–Kier alpha value is 0. The second kappa shape index (κ2) is 1.84. The minimum atomic E-state index is 0.806. The largest absolute Gasteiger partial charge is 0.0596 e. The second-order valence-electron chi connectivity index (χ2n) is 5.54. The summed E-state index contributed by atoms with van der Waals surface area (Å²) in [6, 6.07) is 0. The zero-order valence-electron chi connectivity index (χ0n) is 7.47. The summed E-state index contributed by atoms with van der Waals surface area (Å²) in [5, 5.41) is 0. The molecule has 3 saturated carbocycles. The molecule has 62 valence electrons. The summed E-state index contributed by atoms with van der Waals surface area (Å²) in [5.74, 6) is 3.49. The molecule has 11 heavy (non-hydrogen) atoms. The molecule has 0 heterocycles. The van der Waals surface area contributed by atoms with Crippen molar-refractivity contribution < 1.29 is 0 Å². The number of hydrogen-bond donors (Lipinski definition) is 0. The summed E-state index contributed by atoms with van der Waals surface area (Å²) in [6.07, 6.45) is 9.42. The third-order valence-electron chi connectivity index (χ3n) is 4.60. The van der Waals surface area contributed by atoms with Gasteiger partial charge in [-0.2, -0.15) is 0 Å². The fraction of sp³-hybridized carbons (Fsp3) is 1.00. The lowest BCUT2D eigenvalue weighted by molar-refractivity contribution is 0.137. The van der Waals surface area contributed by atoms with Gasteiger partial charge in [-0.25, -0.2) is 0 Å². The van der Waals surface area contributed by atoms with Crippen molar-refractivity contribution in [2.75, 3.05) is 0 Å². The van der Waals surface area contributed by atoms with E-state index in [0.29, 0.717) is 0 Å². The smallest absolute Gasteiger partial charge is 0.0318 e. The van der Waals surface area contributed by atoms with Crippen LogP contribution in [-0.4, -0.2) is 0 Å². The maximum atomic E-state index is 2.53. The number of fused-ring (bicyclic) bond motifs is 1. The first kappa shape index (κ1) is 6.51. The van der Waals surface area contributed by atoms with Gasteiger partial charge in [-0.1, -0.05) is 26.2 Å². The van der Waals surface area contributed by atoms with Gasteiger partial charge < -0.3 is 0 Å². The van der Waals surface area contributed by atoms with Gasteiger partial charge in [0, 0.05) is 0 Å². The first-order valence-electron chi connectivity index (χ1n) is 5.27. The molecule has 0 N–H and O–H groups in total. The Bertz CT molecular complexity index is 163. The summed E-state index contributed by atoms with van der Waals surface area (Å²) in [5.41, 5.74) is 0.806. The van der Waals surface area contributed by atoms with Gasteiger partial charge >= 0.3 is 0 Å². The third kappa shape index (κ3) is 0.761. The standard InChI is InChI=1S/C11H18/c1-11-5-8-3-2-4-9(6-11)10(8)7-11/h8-10H,2-7H2,1H3. The molecule has 0 amide bonds. The van der Waals surface area contributed by atoms with E-state index in [1.165, 1.54) is 5.92 Å². The minimum Gasteiger partial charge on any atom is -0.0596 e. The average Bonchev–Trinajstić information content (AvgIpc) is 2.37. The molecule has 0 aromatic heterocycles. The highest BCUT2D eigenvalue weighted by molar-refractivity contribution is 5.03. The molecule has 0 spiro atoms. The van der Waals surface area contributed by atoms with E-state index in [-0.39, 0.29) is 0 Å². The fourth-order valence-corrected chi connectivity index (χ4v) is 4.38. The molecular formula is C11H18. The molecule has 3 aliphatic rings. The van der Waals surface area contributed by atoms with E-state index in [1.807, 2.05) is 0 Å². The van der Waals surface area contributed by atoms with E-state index in [2.05, 4.69) is 6.92 Å². The van der Waals surface area contributed by atoms with Gasteiger partial charge in [0.1, 0.15) is 0 Å². The van der Waals surface area contributed by atoms with Gasteiger partial charge in [-0.3, -0.25) is 0 Å². The second-order valence-corrected chi connectivity index (χ2v) is 5.54. The summed E-state index contributed by atoms with van der Waals surface area (Å²) in [6.45, 7) is 2.53. The molecule has 0 aromatic rings. The molecule has 0 saturated heterocycles. The molecule has 3 rings (SSSR count). The van der Waals surface area contributed by atoms with Crippen LogP contribution in [0.3, 0.4) is 0 Å². The van der Waals surface area contributed by atoms with Crippen LogP contribution in [-0.2, 0) is 0 Å². The van der Waals surface area contributed by atoms with E-state index in [1.54, 1.807) is 38.5 Å². The topological polar surface area (TPSA) is 0 Å². The fourth-order valence-electron chi connectivity index (χ4n) is 4.38. The Morgan fingerprint density at radius 3 is 2.09 bits per heavy atom. The van der Waals surface area contributed by atoms with E-state index in [4.69, 9.17) is 0 Å². The summed E-state index contributed by atoms with van der Waals surface area (Å²) < 4.78 is 0. The van der Waals surface area contributed by atoms with Gasteiger partial charge in [-0.15, -0.1) is 0 Å². The molecule has 0 nitrogen and oxygen atoms in total. The normalized spacial score (nSPS) is 60.3. The van der Waals surface area contributed by atoms with Crippen LogP contribution in [0, 0.1) is 23.2 Å². The SMILES string of the molecule is CC12CC3CCCC(C1)C3C2. The van der Waals surface area contributed by atoms with Crippen LogP contribution in [0.25, 0.3) is 0 Å². The monoisotopic (exact) mass is 150 g/mol. The summed E-state index contributed by atoms with van der Waals surface area (Å²) in [7, 11) is 0. The number of rotatable bonds is 0. The summed E-state index contributed by atoms with van der Waals surface area (Å²) in [4.78, 5) is 0. The van der Waals surface area contributed by atoms with E-state index in [9.17, 15) is 0 Å². The highest BCUT2D eigenvalue weighted by atomic mass is 14.6. The van der Waals surface area contributed by atoms with Gasteiger partial charge in [0.25, 0.3) is 0 Å². The molecular weight excluding hydrogens is 132 g/mol. The predicted molar refractivity (Wildman–Crippen MR) is 46.3 cm³/mol. The molecule has 2 bridgehead atoms. The Kier molecular flexibility index (Phi) is 1.09. The van der Waals surface area contributed by atoms with Gasteiger partial charge in [0.05, 0.1) is 0 Å². The molecule has 2 unspecified atom stereocenters. The minimum absolute atomic E-state index is 0.806. The predicted octanol–water partition coefficient (Wildman–Crippen LogP) is 3.22. The van der Waals surface area contributed by atoms with Crippen molar-refractivity contribution in [2.45, 2.75) is 45.4 Å². The lowest BCUT2D eigenvalue weighted by Crippen LogP contribution is -2.27. The van der Waals surface area contributed by atoms with Crippen molar-refractivity contribution in [1.29, 1.82) is 0 Å². The van der Waals surface area contributed by atoms with Gasteiger partial charge in [0.2, 0.25) is 0 Å². The maximum absolute atomic E-state index is 2.53. The van der Waals surface area contributed by atoms with Crippen LogP contribution in [0.2, 0.25) is 0 Å². The maximum Gasteiger partial charge on any atom is -0.0318 e. The van der Waals surface area contributed by atoms with E-state index < -0.39 is 0 Å². The van der Waals surface area contributed by atoms with Crippen molar-refractivity contribution >= 4 is 0 Å². The molecule has 0 radical (unpaired) electrons. The van der Waals surface area contributed by atoms with E-state index >= 15 is 0 Å².